The van der Waals surface area contributed by atoms with Crippen molar-refractivity contribution in [3.05, 3.63) is 47.5 Å². The summed E-state index contributed by atoms with van der Waals surface area (Å²) in [7, 11) is 0. The van der Waals surface area contributed by atoms with E-state index in [1.54, 1.807) is 33.8 Å². The number of nitrogens with one attached hydrogen (secondary N) is 5. The Balaban J connectivity index is 1.70. The van der Waals surface area contributed by atoms with Gasteiger partial charge in [0.1, 0.15) is 24.3 Å². The lowest BCUT2D eigenvalue weighted by Gasteiger charge is -2.33. The van der Waals surface area contributed by atoms with Crippen LogP contribution < -0.4 is 32.3 Å². The number of epoxide rings is 1. The number of hydrogen-bond donors (Lipinski definition) is 6. The van der Waals surface area contributed by atoms with Gasteiger partial charge in [-0.2, -0.15) is 0 Å². The Morgan fingerprint density at radius 2 is 1.63 bits per heavy atom. The molecule has 0 bridgehead atoms. The fourth-order valence-electron chi connectivity index (χ4n) is 5.68. The fourth-order valence-corrected chi connectivity index (χ4v) is 5.68. The number of carbonyl (C=O) groups is 6. The van der Waals surface area contributed by atoms with Crippen LogP contribution in [0.25, 0.3) is 0 Å². The van der Waals surface area contributed by atoms with E-state index in [2.05, 4.69) is 26.6 Å². The Morgan fingerprint density at radius 3 is 2.25 bits per heavy atom. The Labute approximate surface area is 307 Å². The molecule has 2 aliphatic heterocycles. The van der Waals surface area contributed by atoms with E-state index in [0.717, 1.165) is 11.1 Å². The van der Waals surface area contributed by atoms with Gasteiger partial charge in [-0.25, -0.2) is 4.79 Å². The third kappa shape index (κ3) is 11.9. The number of rotatable bonds is 11. The first-order chi connectivity index (χ1) is 24.3. The largest absolute Gasteiger partial charge is 0.460 e. The van der Waals surface area contributed by atoms with Crippen LogP contribution >= 0.6 is 0 Å². The molecule has 1 fully saturated rings. The van der Waals surface area contributed by atoms with E-state index in [9.17, 15) is 28.8 Å². The van der Waals surface area contributed by atoms with Crippen molar-refractivity contribution < 1.29 is 38.2 Å². The van der Waals surface area contributed by atoms with E-state index in [1.165, 1.54) is 6.08 Å². The lowest BCUT2D eigenvalue weighted by Crippen LogP contribution is -2.56. The highest BCUT2D eigenvalue weighted by Crippen LogP contribution is 2.45. The maximum Gasteiger partial charge on any atom is 0.328 e. The summed E-state index contributed by atoms with van der Waals surface area (Å²) in [5.41, 5.74) is 6.56. The summed E-state index contributed by atoms with van der Waals surface area (Å²) in [6, 6.07) is 4.61. The van der Waals surface area contributed by atoms with Crippen molar-refractivity contribution in [2.45, 2.75) is 124 Å². The standard InChI is InChI=1S/C38H58N6O8/c1-20(2)17-27-36(49)51-28(11-10-12-29(45)40-19-30(46)43-24(7)38(8,9)37(50)44-27)22(5)32-33(52-32)26-15-13-25(14-16-26)18-41-34(47)23(6)42-35(48)31(39)21(3)4/h10,12-16,20-24,27-28,31-33H,11,17-19,39H2,1-9H3,(H,40,45)(H,41,47)(H,42,48)(H,43,46)(H,44,50)/b12-10+/t22?,23?,24?,27-,28-,31-,32+,33+/m0/s1. The second kappa shape index (κ2) is 18.5. The molecule has 3 rings (SSSR count). The Bertz CT molecular complexity index is 1480. The molecule has 1 saturated heterocycles. The van der Waals surface area contributed by atoms with Gasteiger partial charge in [-0.15, -0.1) is 0 Å². The predicted molar refractivity (Wildman–Crippen MR) is 195 cm³/mol. The van der Waals surface area contributed by atoms with E-state index >= 15 is 0 Å². The third-order valence-corrected chi connectivity index (χ3v) is 9.85. The Kier molecular flexibility index (Phi) is 14.9. The third-order valence-electron chi connectivity index (χ3n) is 9.85. The summed E-state index contributed by atoms with van der Waals surface area (Å²) in [5, 5.41) is 13.6. The number of amides is 5. The van der Waals surface area contributed by atoms with Gasteiger partial charge in [-0.05, 0) is 63.2 Å². The lowest BCUT2D eigenvalue weighted by atomic mass is 9.83. The first kappa shape index (κ1) is 42.1. The molecule has 1 aromatic rings. The molecule has 0 aliphatic carbocycles. The van der Waals surface area contributed by atoms with Crippen LogP contribution in [0.2, 0.25) is 0 Å². The molecule has 8 atom stereocenters. The topological polar surface area (TPSA) is 210 Å². The monoisotopic (exact) mass is 726 g/mol. The van der Waals surface area contributed by atoms with Crippen molar-refractivity contribution in [3.8, 4) is 0 Å². The van der Waals surface area contributed by atoms with Crippen LogP contribution in [0.5, 0.6) is 0 Å². The molecule has 14 nitrogen and oxygen atoms in total. The normalized spacial score (nSPS) is 26.6. The first-order valence-electron chi connectivity index (χ1n) is 18.1. The van der Waals surface area contributed by atoms with Crippen LogP contribution in [-0.4, -0.2) is 78.4 Å². The highest BCUT2D eigenvalue weighted by atomic mass is 16.6. The first-order valence-corrected chi connectivity index (χ1v) is 18.1. The minimum Gasteiger partial charge on any atom is -0.460 e. The number of benzene rings is 1. The molecule has 3 unspecified atom stereocenters. The zero-order valence-electron chi connectivity index (χ0n) is 31.9. The van der Waals surface area contributed by atoms with E-state index in [4.69, 9.17) is 15.2 Å². The van der Waals surface area contributed by atoms with Crippen molar-refractivity contribution in [1.82, 2.24) is 26.6 Å². The van der Waals surface area contributed by atoms with E-state index in [-0.39, 0.29) is 61.3 Å². The van der Waals surface area contributed by atoms with Gasteiger partial charge in [0.15, 0.2) is 0 Å². The number of ether oxygens (including phenoxy) is 2. The zero-order chi connectivity index (χ0) is 38.9. The maximum absolute atomic E-state index is 13.7. The van der Waals surface area contributed by atoms with Crippen LogP contribution in [0.3, 0.4) is 0 Å². The smallest absolute Gasteiger partial charge is 0.328 e. The summed E-state index contributed by atoms with van der Waals surface area (Å²) in [6.45, 7) is 16.1. The number of cyclic esters (lactones) is 1. The quantitative estimate of drug-likeness (QED) is 0.145. The molecule has 7 N–H and O–H groups in total. The summed E-state index contributed by atoms with van der Waals surface area (Å²) in [5.74, 6) is -2.91. The van der Waals surface area contributed by atoms with E-state index in [1.807, 2.05) is 58.9 Å². The van der Waals surface area contributed by atoms with Gasteiger partial charge >= 0.3 is 5.97 Å². The average molecular weight is 727 g/mol. The summed E-state index contributed by atoms with van der Waals surface area (Å²) in [4.78, 5) is 77.0. The Morgan fingerprint density at radius 1 is 0.981 bits per heavy atom. The molecular formula is C38H58N6O8. The maximum atomic E-state index is 13.7. The highest BCUT2D eigenvalue weighted by molar-refractivity contribution is 5.92. The molecule has 52 heavy (non-hydrogen) atoms. The molecular weight excluding hydrogens is 668 g/mol. The van der Waals surface area contributed by atoms with Gasteiger partial charge in [0.25, 0.3) is 0 Å². The van der Waals surface area contributed by atoms with Gasteiger partial charge in [-0.3, -0.25) is 24.0 Å². The molecule has 288 valence electrons. The van der Waals surface area contributed by atoms with E-state index in [0.29, 0.717) is 6.42 Å². The minimum absolute atomic E-state index is 0.0546. The molecule has 2 aliphatic rings. The molecule has 2 heterocycles. The van der Waals surface area contributed by atoms with Crippen LogP contribution in [-0.2, 0) is 44.8 Å². The number of nitrogens with two attached hydrogens (primary N) is 1. The second-order valence-electron chi connectivity index (χ2n) is 15.3. The van der Waals surface area contributed by atoms with Crippen molar-refractivity contribution >= 4 is 35.5 Å². The number of hydrogen-bond acceptors (Lipinski definition) is 9. The van der Waals surface area contributed by atoms with Crippen molar-refractivity contribution in [1.29, 1.82) is 0 Å². The molecule has 14 heteroatoms. The molecule has 0 radical (unpaired) electrons. The molecule has 0 spiro atoms. The summed E-state index contributed by atoms with van der Waals surface area (Å²) in [6.07, 6.45) is 2.21. The average Bonchev–Trinajstić information content (AvgIpc) is 3.88. The minimum atomic E-state index is -1.08. The lowest BCUT2D eigenvalue weighted by molar-refractivity contribution is -0.157. The van der Waals surface area contributed by atoms with Crippen molar-refractivity contribution in [3.63, 3.8) is 0 Å². The number of esters is 1. The van der Waals surface area contributed by atoms with Crippen LogP contribution in [0.4, 0.5) is 0 Å². The van der Waals surface area contributed by atoms with Crippen LogP contribution in [0.15, 0.2) is 36.4 Å². The highest BCUT2D eigenvalue weighted by Gasteiger charge is 2.48. The summed E-state index contributed by atoms with van der Waals surface area (Å²) < 4.78 is 12.2. The van der Waals surface area contributed by atoms with Gasteiger partial charge < -0.3 is 41.8 Å². The summed E-state index contributed by atoms with van der Waals surface area (Å²) >= 11 is 0. The molecule has 1 aromatic carbocycles. The number of carbonyl (C=O) groups excluding carboxylic acids is 6. The fraction of sp³-hybridized carbons (Fsp3) is 0.632. The zero-order valence-corrected chi connectivity index (χ0v) is 31.9. The van der Waals surface area contributed by atoms with Crippen molar-refractivity contribution in [2.24, 2.45) is 28.9 Å². The SMILES string of the molecule is CC(C)C[C@@H]1NC(=O)C(C)(C)C(C)NC(=O)CNC(=O)/C=C/C[C@@H](C(C)[C@H]2O[C@@H]2c2ccc(CNC(=O)C(C)NC(=O)[C@@H](N)C(C)C)cc2)OC1=O. The van der Waals surface area contributed by atoms with Gasteiger partial charge in [0.05, 0.1) is 24.1 Å². The van der Waals surface area contributed by atoms with Gasteiger partial charge in [0, 0.05) is 24.9 Å². The molecule has 5 amide bonds. The molecule has 0 saturated carbocycles. The van der Waals surface area contributed by atoms with Crippen LogP contribution in [0, 0.1) is 23.2 Å². The van der Waals surface area contributed by atoms with E-state index < -0.39 is 59.4 Å². The van der Waals surface area contributed by atoms with Crippen LogP contribution in [0.1, 0.15) is 92.4 Å². The second-order valence-corrected chi connectivity index (χ2v) is 15.3. The van der Waals surface area contributed by atoms with Gasteiger partial charge in [0.2, 0.25) is 29.5 Å². The predicted octanol–water partition coefficient (Wildman–Crippen LogP) is 1.92. The van der Waals surface area contributed by atoms with Gasteiger partial charge in [-0.1, -0.05) is 65.0 Å². The Hall–Kier alpha value is -4.30. The van der Waals surface area contributed by atoms with Crippen molar-refractivity contribution in [2.75, 3.05) is 6.54 Å². The molecule has 0 aromatic heterocycles.